The number of nitrogens with zero attached hydrogens (tertiary/aromatic N) is 3. The second kappa shape index (κ2) is 10.9. The van der Waals surface area contributed by atoms with Gasteiger partial charge in [0.05, 0.1) is 6.04 Å². The Morgan fingerprint density at radius 2 is 1.93 bits per heavy atom. The third kappa shape index (κ3) is 6.67. The maximum absolute atomic E-state index is 13.0. The van der Waals surface area contributed by atoms with Crippen molar-refractivity contribution >= 4 is 23.5 Å². The Bertz CT molecular complexity index is 705. The van der Waals surface area contributed by atoms with Gasteiger partial charge in [0.15, 0.2) is 0 Å². The van der Waals surface area contributed by atoms with Crippen LogP contribution < -0.4 is 5.32 Å². The zero-order chi connectivity index (χ0) is 20.6. The molecule has 0 bridgehead atoms. The van der Waals surface area contributed by atoms with E-state index in [9.17, 15) is 9.59 Å². The fourth-order valence-electron chi connectivity index (χ4n) is 3.84. The first-order valence-electron chi connectivity index (χ1n) is 10.7. The highest BCUT2D eigenvalue weighted by molar-refractivity contribution is 7.99. The molecular formula is C21H32N4O3S. The largest absolute Gasteiger partial charge is 0.408 e. The van der Waals surface area contributed by atoms with E-state index in [0.29, 0.717) is 11.6 Å². The Morgan fingerprint density at radius 3 is 2.62 bits per heavy atom. The summed E-state index contributed by atoms with van der Waals surface area (Å²) < 4.78 is 5.61. The second-order valence-electron chi connectivity index (χ2n) is 8.34. The number of carbonyl (C=O) groups is 2. The van der Waals surface area contributed by atoms with Crippen molar-refractivity contribution in [1.82, 2.24) is 20.4 Å². The molecule has 1 amide bonds. The van der Waals surface area contributed by atoms with Crippen LogP contribution >= 0.6 is 11.8 Å². The molecule has 1 unspecified atom stereocenters. The molecule has 0 saturated heterocycles. The Balaban J connectivity index is 1.55. The number of hydrogen-bond donors (Lipinski definition) is 1. The molecule has 8 heteroatoms. The summed E-state index contributed by atoms with van der Waals surface area (Å²) in [4.78, 5) is 27.9. The molecule has 1 saturated carbocycles. The molecule has 1 N–H and O–H groups in total. The van der Waals surface area contributed by atoms with Crippen molar-refractivity contribution in [2.24, 2.45) is 11.8 Å². The van der Waals surface area contributed by atoms with Crippen LogP contribution in [0.1, 0.15) is 63.1 Å². The fourth-order valence-corrected chi connectivity index (χ4v) is 4.60. The van der Waals surface area contributed by atoms with Crippen LogP contribution in [0.15, 0.2) is 21.8 Å². The number of amides is 1. The van der Waals surface area contributed by atoms with E-state index in [0.717, 1.165) is 51.1 Å². The summed E-state index contributed by atoms with van der Waals surface area (Å²) in [5, 5.41) is 11.3. The van der Waals surface area contributed by atoms with Crippen molar-refractivity contribution in [2.45, 2.75) is 63.6 Å². The average Bonchev–Trinajstić information content (AvgIpc) is 3.39. The lowest BCUT2D eigenvalue weighted by molar-refractivity contribution is -0.126. The standard InChI is InChI=1S/C21H32N4O3S/c1-15(2)14-17(22-19(27)16-8-4-3-5-9-16)18(26)20-23-24-21(28-20)29-13-12-25-10-6-7-11-25/h6-7,15-17H,3-5,8-14H2,1-2H3,(H,22,27). The van der Waals surface area contributed by atoms with Crippen LogP contribution in [0.4, 0.5) is 0 Å². The van der Waals surface area contributed by atoms with Crippen LogP contribution in [0.5, 0.6) is 0 Å². The Labute approximate surface area is 177 Å². The molecule has 2 aliphatic rings. The van der Waals surface area contributed by atoms with Crippen molar-refractivity contribution in [1.29, 1.82) is 0 Å². The highest BCUT2D eigenvalue weighted by Crippen LogP contribution is 2.24. The topological polar surface area (TPSA) is 88.3 Å². The third-order valence-electron chi connectivity index (χ3n) is 5.46. The first-order chi connectivity index (χ1) is 14.0. The molecule has 3 rings (SSSR count). The highest BCUT2D eigenvalue weighted by Gasteiger charge is 2.30. The molecule has 1 aromatic heterocycles. The van der Waals surface area contributed by atoms with E-state index < -0.39 is 6.04 Å². The first-order valence-corrected chi connectivity index (χ1v) is 11.7. The van der Waals surface area contributed by atoms with E-state index in [1.165, 1.54) is 18.2 Å². The van der Waals surface area contributed by atoms with E-state index in [1.54, 1.807) is 0 Å². The van der Waals surface area contributed by atoms with Gasteiger partial charge in [-0.1, -0.05) is 57.0 Å². The second-order valence-corrected chi connectivity index (χ2v) is 9.39. The zero-order valence-electron chi connectivity index (χ0n) is 17.4. The number of Topliss-reactive ketones (excluding diaryl/α,β-unsaturated/α-hetero) is 1. The number of nitrogens with one attached hydrogen (secondary N) is 1. The molecule has 7 nitrogen and oxygen atoms in total. The van der Waals surface area contributed by atoms with Gasteiger partial charge in [-0.05, 0) is 25.2 Å². The van der Waals surface area contributed by atoms with E-state index in [1.807, 2.05) is 13.8 Å². The molecular weight excluding hydrogens is 388 g/mol. The lowest BCUT2D eigenvalue weighted by atomic mass is 9.88. The minimum atomic E-state index is -0.613. The molecule has 1 fully saturated rings. The van der Waals surface area contributed by atoms with Crippen LogP contribution in [0, 0.1) is 11.8 Å². The van der Waals surface area contributed by atoms with Crippen LogP contribution in [0.25, 0.3) is 0 Å². The normalized spacial score (nSPS) is 19.0. The molecule has 0 radical (unpaired) electrons. The van der Waals surface area contributed by atoms with Crippen LogP contribution in [0.3, 0.4) is 0 Å². The molecule has 1 aliphatic heterocycles. The van der Waals surface area contributed by atoms with Gasteiger partial charge >= 0.3 is 0 Å². The van der Waals surface area contributed by atoms with Crippen molar-refractivity contribution in [3.63, 3.8) is 0 Å². The highest BCUT2D eigenvalue weighted by atomic mass is 32.2. The average molecular weight is 421 g/mol. The summed E-state index contributed by atoms with van der Waals surface area (Å²) in [6.07, 6.45) is 10.0. The summed E-state index contributed by atoms with van der Waals surface area (Å²) in [6, 6.07) is -0.613. The summed E-state index contributed by atoms with van der Waals surface area (Å²) in [5.41, 5.74) is 0. The first kappa shape index (κ1) is 22.0. The monoisotopic (exact) mass is 420 g/mol. The summed E-state index contributed by atoms with van der Waals surface area (Å²) in [6.45, 7) is 6.96. The molecule has 0 aromatic carbocycles. The molecule has 2 heterocycles. The lowest BCUT2D eigenvalue weighted by Crippen LogP contribution is -2.45. The SMILES string of the molecule is CC(C)CC(NC(=O)C1CCCCC1)C(=O)c1nnc(SCCN2CC=CC2)o1. The molecule has 1 aliphatic carbocycles. The van der Waals surface area contributed by atoms with Gasteiger partial charge in [-0.2, -0.15) is 0 Å². The summed E-state index contributed by atoms with van der Waals surface area (Å²) in [7, 11) is 0. The van der Waals surface area contributed by atoms with E-state index in [4.69, 9.17) is 4.42 Å². The maximum Gasteiger partial charge on any atom is 0.286 e. The van der Waals surface area contributed by atoms with Gasteiger partial charge in [-0.3, -0.25) is 14.5 Å². The van der Waals surface area contributed by atoms with Crippen LogP contribution in [-0.2, 0) is 4.79 Å². The predicted octanol–water partition coefficient (Wildman–Crippen LogP) is 3.33. The number of thioether (sulfide) groups is 1. The molecule has 29 heavy (non-hydrogen) atoms. The van der Waals surface area contributed by atoms with Crippen molar-refractivity contribution < 1.29 is 14.0 Å². The minimum absolute atomic E-state index is 0.00932. The number of aromatic nitrogens is 2. The van der Waals surface area contributed by atoms with Gasteiger partial charge in [-0.25, -0.2) is 0 Å². The summed E-state index contributed by atoms with van der Waals surface area (Å²) in [5.74, 6) is 0.792. The van der Waals surface area contributed by atoms with Crippen LogP contribution in [0.2, 0.25) is 0 Å². The fraction of sp³-hybridized carbons (Fsp3) is 0.714. The van der Waals surface area contributed by atoms with Gasteiger partial charge < -0.3 is 9.73 Å². The Morgan fingerprint density at radius 1 is 1.21 bits per heavy atom. The smallest absolute Gasteiger partial charge is 0.286 e. The van der Waals surface area contributed by atoms with Gasteiger partial charge in [0.2, 0.25) is 11.7 Å². The Hall–Kier alpha value is -1.67. The van der Waals surface area contributed by atoms with Gasteiger partial charge in [-0.15, -0.1) is 10.2 Å². The third-order valence-corrected chi connectivity index (χ3v) is 6.26. The van der Waals surface area contributed by atoms with Crippen LogP contribution in [-0.4, -0.2) is 58.2 Å². The summed E-state index contributed by atoms with van der Waals surface area (Å²) >= 11 is 1.46. The lowest BCUT2D eigenvalue weighted by Gasteiger charge is -2.24. The number of hydrogen-bond acceptors (Lipinski definition) is 7. The van der Waals surface area contributed by atoms with Crippen molar-refractivity contribution in [2.75, 3.05) is 25.4 Å². The molecule has 1 atom stereocenters. The van der Waals surface area contributed by atoms with E-state index in [2.05, 4.69) is 32.6 Å². The maximum atomic E-state index is 13.0. The molecule has 1 aromatic rings. The number of ketones is 1. The molecule has 0 spiro atoms. The predicted molar refractivity (Wildman–Crippen MR) is 113 cm³/mol. The van der Waals surface area contributed by atoms with Crippen molar-refractivity contribution in [3.05, 3.63) is 18.0 Å². The Kier molecular flexibility index (Phi) is 8.29. The van der Waals surface area contributed by atoms with E-state index in [-0.39, 0.29) is 29.4 Å². The van der Waals surface area contributed by atoms with Gasteiger partial charge in [0.1, 0.15) is 0 Å². The number of rotatable bonds is 10. The zero-order valence-corrected chi connectivity index (χ0v) is 18.2. The minimum Gasteiger partial charge on any atom is -0.408 e. The number of carbonyl (C=O) groups excluding carboxylic acids is 2. The quantitative estimate of drug-likeness (QED) is 0.353. The van der Waals surface area contributed by atoms with Gasteiger partial charge in [0, 0.05) is 31.3 Å². The van der Waals surface area contributed by atoms with Crippen molar-refractivity contribution in [3.8, 4) is 0 Å². The molecule has 160 valence electrons. The van der Waals surface area contributed by atoms with Gasteiger partial charge in [0.25, 0.3) is 11.1 Å². The van der Waals surface area contributed by atoms with E-state index >= 15 is 0 Å².